The van der Waals surface area contributed by atoms with E-state index in [1.165, 1.54) is 6.42 Å². The van der Waals surface area contributed by atoms with Gasteiger partial charge in [-0.3, -0.25) is 4.79 Å². The minimum atomic E-state index is -0.577. The Balaban J connectivity index is 2.34. The summed E-state index contributed by atoms with van der Waals surface area (Å²) in [4.78, 5) is 14.2. The Morgan fingerprint density at radius 1 is 1.42 bits per heavy atom. The van der Waals surface area contributed by atoms with Gasteiger partial charge in [0, 0.05) is 32.8 Å². The number of carbonyl (C=O) groups excluding carboxylic acids is 1. The predicted octanol–water partition coefficient (Wildman–Crippen LogP) is 0.443. The molecule has 0 bridgehead atoms. The van der Waals surface area contributed by atoms with Crippen molar-refractivity contribution in [3.63, 3.8) is 0 Å². The zero-order chi connectivity index (χ0) is 14.4. The van der Waals surface area contributed by atoms with Crippen LogP contribution >= 0.6 is 0 Å². The van der Waals surface area contributed by atoms with Crippen molar-refractivity contribution in [2.75, 3.05) is 33.4 Å². The summed E-state index contributed by atoms with van der Waals surface area (Å²) in [6.07, 6.45) is 1.30. The number of piperidine rings is 1. The van der Waals surface area contributed by atoms with E-state index in [0.717, 1.165) is 31.5 Å². The molecule has 1 heterocycles. The van der Waals surface area contributed by atoms with Crippen LogP contribution in [0.15, 0.2) is 0 Å². The minimum absolute atomic E-state index is 0.118. The zero-order valence-corrected chi connectivity index (χ0v) is 12.7. The lowest BCUT2D eigenvalue weighted by atomic mass is 9.92. The molecule has 0 aliphatic carbocycles. The number of ether oxygens (including phenoxy) is 1. The molecule has 3 N–H and O–H groups in total. The van der Waals surface area contributed by atoms with Gasteiger partial charge in [0.05, 0.1) is 6.61 Å². The monoisotopic (exact) mass is 271 g/mol. The number of hydrogen-bond donors (Lipinski definition) is 2. The van der Waals surface area contributed by atoms with Gasteiger partial charge >= 0.3 is 0 Å². The smallest absolute Gasteiger partial charge is 0.239 e. The lowest BCUT2D eigenvalue weighted by molar-refractivity contribution is -0.124. The third-order valence-corrected chi connectivity index (χ3v) is 3.55. The third kappa shape index (κ3) is 5.89. The number of carbonyl (C=O) groups is 1. The number of amides is 1. The molecule has 1 amide bonds. The van der Waals surface area contributed by atoms with Crippen molar-refractivity contribution in [1.82, 2.24) is 10.2 Å². The second-order valence-corrected chi connectivity index (χ2v) is 6.14. The topological polar surface area (TPSA) is 67.6 Å². The Hall–Kier alpha value is -0.650. The fraction of sp³-hybridized carbons (Fsp3) is 0.929. The van der Waals surface area contributed by atoms with E-state index < -0.39 is 6.04 Å². The van der Waals surface area contributed by atoms with Crippen LogP contribution in [-0.2, 0) is 9.53 Å². The predicted molar refractivity (Wildman–Crippen MR) is 76.8 cm³/mol. The fourth-order valence-electron chi connectivity index (χ4n) is 2.98. The van der Waals surface area contributed by atoms with E-state index in [-0.39, 0.29) is 18.6 Å². The van der Waals surface area contributed by atoms with Crippen molar-refractivity contribution < 1.29 is 9.53 Å². The maximum absolute atomic E-state index is 11.8. The molecule has 1 saturated heterocycles. The van der Waals surface area contributed by atoms with Crippen molar-refractivity contribution >= 4 is 5.91 Å². The first-order chi connectivity index (χ1) is 8.92. The molecule has 1 aliphatic rings. The summed E-state index contributed by atoms with van der Waals surface area (Å²) in [6.45, 7) is 10.0. The van der Waals surface area contributed by atoms with Crippen LogP contribution in [0.2, 0.25) is 0 Å². The van der Waals surface area contributed by atoms with Crippen LogP contribution in [0.25, 0.3) is 0 Å². The molecule has 19 heavy (non-hydrogen) atoms. The minimum Gasteiger partial charge on any atom is -0.383 e. The average Bonchev–Trinajstić information content (AvgIpc) is 2.27. The van der Waals surface area contributed by atoms with Crippen LogP contribution in [0.4, 0.5) is 0 Å². The molecule has 1 aliphatic heterocycles. The molecule has 0 aromatic heterocycles. The molecule has 0 aromatic rings. The van der Waals surface area contributed by atoms with Crippen LogP contribution in [0, 0.1) is 11.8 Å². The summed E-state index contributed by atoms with van der Waals surface area (Å²) < 4.78 is 4.89. The summed E-state index contributed by atoms with van der Waals surface area (Å²) in [6, 6.07) is -0.459. The van der Waals surface area contributed by atoms with E-state index in [1.807, 2.05) is 6.92 Å². The largest absolute Gasteiger partial charge is 0.383 e. The van der Waals surface area contributed by atoms with Crippen molar-refractivity contribution in [2.45, 2.75) is 39.3 Å². The highest BCUT2D eigenvalue weighted by Crippen LogP contribution is 2.20. The number of hydrogen-bond acceptors (Lipinski definition) is 4. The van der Waals surface area contributed by atoms with Gasteiger partial charge in [0.15, 0.2) is 0 Å². The second kappa shape index (κ2) is 7.82. The average molecular weight is 271 g/mol. The number of nitrogens with one attached hydrogen (secondary N) is 1. The van der Waals surface area contributed by atoms with E-state index in [9.17, 15) is 4.79 Å². The van der Waals surface area contributed by atoms with Gasteiger partial charge in [-0.15, -0.1) is 0 Å². The fourth-order valence-corrected chi connectivity index (χ4v) is 2.98. The van der Waals surface area contributed by atoms with E-state index in [2.05, 4.69) is 24.1 Å². The van der Waals surface area contributed by atoms with Gasteiger partial charge in [0.25, 0.3) is 0 Å². The zero-order valence-electron chi connectivity index (χ0n) is 12.7. The molecule has 4 atom stereocenters. The summed E-state index contributed by atoms with van der Waals surface area (Å²) in [5, 5.41) is 2.96. The second-order valence-electron chi connectivity index (χ2n) is 6.14. The molecule has 0 aromatic carbocycles. The Bertz CT molecular complexity index is 276. The van der Waals surface area contributed by atoms with Crippen molar-refractivity contribution in [1.29, 1.82) is 0 Å². The lowest BCUT2D eigenvalue weighted by Crippen LogP contribution is -2.51. The van der Waals surface area contributed by atoms with Crippen LogP contribution in [0.5, 0.6) is 0 Å². The standard InChI is InChI=1S/C14H29N3O2/c1-10-5-11(2)7-17(6-10)8-12(3)16-14(18)13(15)9-19-4/h10-13H,5-9,15H2,1-4H3,(H,16,18). The number of methoxy groups -OCH3 is 1. The first-order valence-electron chi connectivity index (χ1n) is 7.19. The maximum Gasteiger partial charge on any atom is 0.239 e. The van der Waals surface area contributed by atoms with Gasteiger partial charge in [-0.25, -0.2) is 0 Å². The van der Waals surface area contributed by atoms with E-state index in [0.29, 0.717) is 0 Å². The molecule has 0 saturated carbocycles. The van der Waals surface area contributed by atoms with Crippen molar-refractivity contribution in [2.24, 2.45) is 17.6 Å². The normalized spacial score (nSPS) is 27.8. The Morgan fingerprint density at radius 2 is 2.00 bits per heavy atom. The van der Waals surface area contributed by atoms with Crippen LogP contribution in [0.3, 0.4) is 0 Å². The van der Waals surface area contributed by atoms with Crippen LogP contribution in [-0.4, -0.2) is 56.2 Å². The highest BCUT2D eigenvalue weighted by Gasteiger charge is 2.24. The Labute approximate surface area is 116 Å². The third-order valence-electron chi connectivity index (χ3n) is 3.55. The first kappa shape index (κ1) is 16.4. The number of rotatable bonds is 6. The molecule has 4 unspecified atom stereocenters. The summed E-state index contributed by atoms with van der Waals surface area (Å²) in [7, 11) is 1.55. The van der Waals surface area contributed by atoms with Gasteiger partial charge in [-0.2, -0.15) is 0 Å². The molecular weight excluding hydrogens is 242 g/mol. The van der Waals surface area contributed by atoms with Gasteiger partial charge in [0.1, 0.15) is 6.04 Å². The lowest BCUT2D eigenvalue weighted by Gasteiger charge is -2.36. The maximum atomic E-state index is 11.8. The number of nitrogens with zero attached hydrogens (tertiary/aromatic N) is 1. The molecular formula is C14H29N3O2. The van der Waals surface area contributed by atoms with E-state index in [1.54, 1.807) is 7.11 Å². The molecule has 5 nitrogen and oxygen atoms in total. The summed E-state index contributed by atoms with van der Waals surface area (Å²) in [5.74, 6) is 1.34. The van der Waals surface area contributed by atoms with Crippen LogP contribution in [0.1, 0.15) is 27.2 Å². The Kier molecular flexibility index (Phi) is 6.75. The van der Waals surface area contributed by atoms with Crippen molar-refractivity contribution in [3.05, 3.63) is 0 Å². The molecule has 5 heteroatoms. The van der Waals surface area contributed by atoms with Gasteiger partial charge in [0.2, 0.25) is 5.91 Å². The number of likely N-dealkylation sites (tertiary alicyclic amines) is 1. The molecule has 0 radical (unpaired) electrons. The molecule has 0 spiro atoms. The SMILES string of the molecule is COCC(N)C(=O)NC(C)CN1CC(C)CC(C)C1. The van der Waals surface area contributed by atoms with Crippen molar-refractivity contribution in [3.8, 4) is 0 Å². The van der Waals surface area contributed by atoms with E-state index >= 15 is 0 Å². The molecule has 112 valence electrons. The summed E-state index contributed by atoms with van der Waals surface area (Å²) >= 11 is 0. The molecule has 1 rings (SSSR count). The van der Waals surface area contributed by atoms with Gasteiger partial charge in [-0.1, -0.05) is 13.8 Å². The van der Waals surface area contributed by atoms with E-state index in [4.69, 9.17) is 10.5 Å². The quantitative estimate of drug-likeness (QED) is 0.736. The van der Waals surface area contributed by atoms with Gasteiger partial charge in [-0.05, 0) is 25.2 Å². The summed E-state index contributed by atoms with van der Waals surface area (Å²) in [5.41, 5.74) is 5.70. The highest BCUT2D eigenvalue weighted by atomic mass is 16.5. The highest BCUT2D eigenvalue weighted by molar-refractivity contribution is 5.81. The molecule has 1 fully saturated rings. The Morgan fingerprint density at radius 3 is 2.53 bits per heavy atom. The van der Waals surface area contributed by atoms with Gasteiger partial charge < -0.3 is 20.7 Å². The first-order valence-corrected chi connectivity index (χ1v) is 7.19. The number of nitrogens with two attached hydrogens (primary N) is 1. The van der Waals surface area contributed by atoms with Crippen LogP contribution < -0.4 is 11.1 Å².